The number of fused-ring (bicyclic) bond motifs is 1. The number of nitrogens with zero attached hydrogens (tertiary/aromatic N) is 4. The molecule has 0 spiro atoms. The quantitative estimate of drug-likeness (QED) is 0.744. The second-order valence-corrected chi connectivity index (χ2v) is 5.77. The third-order valence-electron chi connectivity index (χ3n) is 3.67. The molecule has 4 rings (SSSR count). The number of hydrogen-bond acceptors (Lipinski definition) is 6. The van der Waals surface area contributed by atoms with Crippen LogP contribution in [0, 0.1) is 0 Å². The monoisotopic (exact) mass is 356 g/mol. The van der Waals surface area contributed by atoms with E-state index < -0.39 is 0 Å². The lowest BCUT2D eigenvalue weighted by Crippen LogP contribution is -2.25. The van der Waals surface area contributed by atoms with Gasteiger partial charge in [0.05, 0.1) is 28.6 Å². The summed E-state index contributed by atoms with van der Waals surface area (Å²) in [6.45, 7) is 0.354. The van der Waals surface area contributed by atoms with Gasteiger partial charge in [0.15, 0.2) is 12.4 Å². The Kier molecular flexibility index (Phi) is 3.95. The third kappa shape index (κ3) is 3.11. The average molecular weight is 357 g/mol. The molecule has 8 nitrogen and oxygen atoms in total. The summed E-state index contributed by atoms with van der Waals surface area (Å²) in [7, 11) is 0. The van der Waals surface area contributed by atoms with E-state index in [0.717, 1.165) is 5.69 Å². The average Bonchev–Trinajstić information content (AvgIpc) is 3.09. The summed E-state index contributed by atoms with van der Waals surface area (Å²) in [5.74, 6) is 0.995. The second kappa shape index (κ2) is 6.40. The highest BCUT2D eigenvalue weighted by atomic mass is 35.5. The van der Waals surface area contributed by atoms with Crippen LogP contribution in [0.2, 0.25) is 5.02 Å². The largest absolute Gasteiger partial charge is 0.482 e. The van der Waals surface area contributed by atoms with Crippen molar-refractivity contribution in [3.05, 3.63) is 53.3 Å². The molecule has 2 N–H and O–H groups in total. The maximum atomic E-state index is 11.4. The summed E-state index contributed by atoms with van der Waals surface area (Å²) in [6.07, 6.45) is 0. The molecule has 126 valence electrons. The Balaban J connectivity index is 1.55. The van der Waals surface area contributed by atoms with Crippen molar-refractivity contribution in [2.24, 2.45) is 0 Å². The van der Waals surface area contributed by atoms with Gasteiger partial charge in [-0.05, 0) is 28.6 Å². The Morgan fingerprint density at radius 3 is 2.96 bits per heavy atom. The lowest BCUT2D eigenvalue weighted by molar-refractivity contribution is -0.118. The van der Waals surface area contributed by atoms with Crippen molar-refractivity contribution in [1.29, 1.82) is 0 Å². The molecule has 1 aliphatic rings. The van der Waals surface area contributed by atoms with Gasteiger partial charge in [0, 0.05) is 6.07 Å². The number of para-hydroxylation sites is 1. The van der Waals surface area contributed by atoms with Crippen LogP contribution >= 0.6 is 11.6 Å². The highest BCUT2D eigenvalue weighted by molar-refractivity contribution is 6.33. The number of amides is 1. The number of ether oxygens (including phenoxy) is 1. The van der Waals surface area contributed by atoms with Gasteiger partial charge in [-0.2, -0.15) is 4.68 Å². The number of hydrogen-bond donors (Lipinski definition) is 2. The fourth-order valence-corrected chi connectivity index (χ4v) is 2.73. The molecule has 2 heterocycles. The smallest absolute Gasteiger partial charge is 0.262 e. The van der Waals surface area contributed by atoms with Gasteiger partial charge in [-0.25, -0.2) is 0 Å². The number of tetrazole rings is 1. The standard InChI is InChI=1S/C16H13ClN6O2/c17-11-6-13-14(25-9-16(24)19-13)7-12(11)18-8-15-20-21-22-23(15)10-4-2-1-3-5-10/h1-7,18H,8-9H2,(H,19,24). The molecule has 0 radical (unpaired) electrons. The number of carbonyl (C=O) groups excluding carboxylic acids is 1. The summed E-state index contributed by atoms with van der Waals surface area (Å²) in [5, 5.41) is 18.2. The van der Waals surface area contributed by atoms with Crippen molar-refractivity contribution in [1.82, 2.24) is 20.2 Å². The zero-order chi connectivity index (χ0) is 17.2. The Bertz CT molecular complexity index is 928. The molecule has 0 bridgehead atoms. The Morgan fingerprint density at radius 1 is 1.28 bits per heavy atom. The molecule has 2 aromatic carbocycles. The normalized spacial score (nSPS) is 12.9. The predicted octanol–water partition coefficient (Wildman–Crippen LogP) is 2.26. The maximum absolute atomic E-state index is 11.4. The Labute approximate surface area is 147 Å². The van der Waals surface area contributed by atoms with Crippen molar-refractivity contribution in [2.75, 3.05) is 17.2 Å². The predicted molar refractivity (Wildman–Crippen MR) is 92.1 cm³/mol. The first-order chi connectivity index (χ1) is 12.2. The van der Waals surface area contributed by atoms with Gasteiger partial charge in [0.1, 0.15) is 5.75 Å². The van der Waals surface area contributed by atoms with E-state index in [1.165, 1.54) is 0 Å². The zero-order valence-corrected chi connectivity index (χ0v) is 13.7. The minimum atomic E-state index is -0.202. The molecule has 9 heteroatoms. The van der Waals surface area contributed by atoms with E-state index in [1.807, 2.05) is 30.3 Å². The zero-order valence-electron chi connectivity index (χ0n) is 12.9. The number of aromatic nitrogens is 4. The Hall–Kier alpha value is -3.13. The van der Waals surface area contributed by atoms with Crippen LogP contribution in [0.15, 0.2) is 42.5 Å². The summed E-state index contributed by atoms with van der Waals surface area (Å²) in [4.78, 5) is 11.4. The summed E-state index contributed by atoms with van der Waals surface area (Å²) < 4.78 is 7.05. The maximum Gasteiger partial charge on any atom is 0.262 e. The summed E-state index contributed by atoms with van der Waals surface area (Å²) >= 11 is 6.28. The van der Waals surface area contributed by atoms with Gasteiger partial charge in [-0.15, -0.1) is 5.10 Å². The van der Waals surface area contributed by atoms with Gasteiger partial charge in [-0.3, -0.25) is 4.79 Å². The van der Waals surface area contributed by atoms with E-state index in [-0.39, 0.29) is 12.5 Å². The molecule has 0 saturated carbocycles. The molecule has 25 heavy (non-hydrogen) atoms. The van der Waals surface area contributed by atoms with Gasteiger partial charge >= 0.3 is 0 Å². The number of halogens is 1. The van der Waals surface area contributed by atoms with Crippen LogP contribution in [-0.4, -0.2) is 32.7 Å². The number of nitrogens with one attached hydrogen (secondary N) is 2. The molecule has 0 unspecified atom stereocenters. The van der Waals surface area contributed by atoms with Crippen LogP contribution in [-0.2, 0) is 11.3 Å². The molecule has 0 atom stereocenters. The van der Waals surface area contributed by atoms with Crippen molar-refractivity contribution in [3.8, 4) is 11.4 Å². The number of anilines is 2. The minimum Gasteiger partial charge on any atom is -0.482 e. The van der Waals surface area contributed by atoms with Crippen LogP contribution in [0.4, 0.5) is 11.4 Å². The number of carbonyl (C=O) groups is 1. The topological polar surface area (TPSA) is 94.0 Å². The van der Waals surface area contributed by atoms with Gasteiger partial charge < -0.3 is 15.4 Å². The molecular weight excluding hydrogens is 344 g/mol. The number of benzene rings is 2. The van der Waals surface area contributed by atoms with Crippen molar-refractivity contribution in [3.63, 3.8) is 0 Å². The van der Waals surface area contributed by atoms with E-state index in [1.54, 1.807) is 16.8 Å². The van der Waals surface area contributed by atoms with E-state index in [4.69, 9.17) is 16.3 Å². The molecule has 0 saturated heterocycles. The van der Waals surface area contributed by atoms with Gasteiger partial charge in [0.2, 0.25) is 0 Å². The molecular formula is C16H13ClN6O2. The minimum absolute atomic E-state index is 0.0136. The van der Waals surface area contributed by atoms with Crippen LogP contribution in [0.5, 0.6) is 5.75 Å². The number of rotatable bonds is 4. The third-order valence-corrected chi connectivity index (χ3v) is 3.99. The van der Waals surface area contributed by atoms with Crippen molar-refractivity contribution < 1.29 is 9.53 Å². The van der Waals surface area contributed by atoms with Crippen molar-refractivity contribution >= 4 is 28.9 Å². The lowest BCUT2D eigenvalue weighted by atomic mass is 10.2. The molecule has 0 fully saturated rings. The first-order valence-corrected chi connectivity index (χ1v) is 7.91. The molecule has 3 aromatic rings. The first-order valence-electron chi connectivity index (χ1n) is 7.53. The second-order valence-electron chi connectivity index (χ2n) is 5.36. The van der Waals surface area contributed by atoms with Crippen LogP contribution in [0.3, 0.4) is 0 Å². The van der Waals surface area contributed by atoms with Gasteiger partial charge in [-0.1, -0.05) is 29.8 Å². The Morgan fingerprint density at radius 2 is 2.12 bits per heavy atom. The fourth-order valence-electron chi connectivity index (χ4n) is 2.50. The van der Waals surface area contributed by atoms with E-state index in [9.17, 15) is 4.79 Å². The molecule has 1 aromatic heterocycles. The highest BCUT2D eigenvalue weighted by Gasteiger charge is 2.18. The molecule has 1 aliphatic heterocycles. The van der Waals surface area contributed by atoms with Crippen LogP contribution in [0.25, 0.3) is 5.69 Å². The molecule has 1 amide bonds. The summed E-state index contributed by atoms with van der Waals surface area (Å²) in [6, 6.07) is 13.0. The SMILES string of the molecule is O=C1COc2cc(NCc3nnnn3-c3ccccc3)c(Cl)cc2N1. The highest BCUT2D eigenvalue weighted by Crippen LogP contribution is 2.36. The van der Waals surface area contributed by atoms with Crippen molar-refractivity contribution in [2.45, 2.75) is 6.54 Å². The summed E-state index contributed by atoms with van der Waals surface area (Å²) in [5.41, 5.74) is 2.09. The van der Waals surface area contributed by atoms with Gasteiger partial charge in [0.25, 0.3) is 5.91 Å². The van der Waals surface area contributed by atoms with Crippen LogP contribution < -0.4 is 15.4 Å². The van der Waals surface area contributed by atoms with E-state index in [2.05, 4.69) is 26.2 Å². The molecule has 0 aliphatic carbocycles. The van der Waals surface area contributed by atoms with Crippen LogP contribution in [0.1, 0.15) is 5.82 Å². The fraction of sp³-hybridized carbons (Fsp3) is 0.125. The lowest BCUT2D eigenvalue weighted by Gasteiger charge is -2.19. The first kappa shape index (κ1) is 15.4. The van der Waals surface area contributed by atoms with E-state index in [0.29, 0.717) is 34.5 Å². The van der Waals surface area contributed by atoms with E-state index >= 15 is 0 Å².